The van der Waals surface area contributed by atoms with Gasteiger partial charge in [-0.1, -0.05) is 31.4 Å². The van der Waals surface area contributed by atoms with Gasteiger partial charge >= 0.3 is 5.97 Å². The van der Waals surface area contributed by atoms with Crippen molar-refractivity contribution < 1.29 is 19.6 Å². The summed E-state index contributed by atoms with van der Waals surface area (Å²) in [5.74, 6) is -1.05. The lowest BCUT2D eigenvalue weighted by Crippen LogP contribution is -2.37. The third-order valence-electron chi connectivity index (χ3n) is 3.44. The molecule has 1 fully saturated rings. The Hall–Kier alpha value is -2.36. The van der Waals surface area contributed by atoms with Crippen molar-refractivity contribution in [1.29, 1.82) is 0 Å². The number of hydrogen-bond donors (Lipinski definition) is 4. The van der Waals surface area contributed by atoms with Crippen molar-refractivity contribution in [3.8, 4) is 0 Å². The predicted octanol–water partition coefficient (Wildman–Crippen LogP) is 1.04. The highest BCUT2D eigenvalue weighted by molar-refractivity contribution is 5.75. The minimum atomic E-state index is -1.05. The van der Waals surface area contributed by atoms with Crippen LogP contribution in [0.1, 0.15) is 42.5 Å². The highest BCUT2D eigenvalue weighted by atomic mass is 16.6. The van der Waals surface area contributed by atoms with Crippen LogP contribution in [0.4, 0.5) is 5.69 Å². The Morgan fingerprint density at radius 2 is 1.96 bits per heavy atom. The largest absolute Gasteiger partial charge is 0.480 e. The predicted molar refractivity (Wildman–Crippen MR) is 94.2 cm³/mol. The van der Waals surface area contributed by atoms with E-state index in [4.69, 9.17) is 22.3 Å². The van der Waals surface area contributed by atoms with Gasteiger partial charge < -0.3 is 22.3 Å². The van der Waals surface area contributed by atoms with Crippen molar-refractivity contribution in [3.63, 3.8) is 0 Å². The number of nitrogens with two attached hydrogens (primary N) is 3. The molecular weight excluding hydrogens is 328 g/mol. The molecule has 0 radical (unpaired) electrons. The van der Waals surface area contributed by atoms with E-state index in [-0.39, 0.29) is 12.2 Å². The van der Waals surface area contributed by atoms with Crippen LogP contribution in [0, 0.1) is 10.1 Å². The fourth-order valence-corrected chi connectivity index (χ4v) is 1.95. The van der Waals surface area contributed by atoms with Gasteiger partial charge in [0, 0.05) is 30.3 Å². The number of nitrogens with zero attached hydrogens (tertiary/aromatic N) is 1. The Bertz CT molecular complexity index is 547. The lowest BCUT2D eigenvalue weighted by atomic mass is 9.97. The zero-order valence-electron chi connectivity index (χ0n) is 14.0. The van der Waals surface area contributed by atoms with Crippen molar-refractivity contribution in [2.75, 3.05) is 6.54 Å². The minimum absolute atomic E-state index is 0.00463. The smallest absolute Gasteiger partial charge is 0.321 e. The number of carbonyl (C=O) groups is 2. The molecule has 1 atom stereocenters. The van der Waals surface area contributed by atoms with Crippen molar-refractivity contribution >= 4 is 17.9 Å². The number of rotatable bonds is 4. The van der Waals surface area contributed by atoms with Gasteiger partial charge in [-0.05, 0) is 12.8 Å². The van der Waals surface area contributed by atoms with Crippen LogP contribution >= 0.6 is 0 Å². The topological polar surface area (TPSA) is 176 Å². The highest BCUT2D eigenvalue weighted by Crippen LogP contribution is 2.14. The summed E-state index contributed by atoms with van der Waals surface area (Å²) < 4.78 is 0. The summed E-state index contributed by atoms with van der Waals surface area (Å²) in [6, 6.07) is 5.19. The summed E-state index contributed by atoms with van der Waals surface area (Å²) in [6.45, 7) is -0.00463. The number of nitro benzene ring substituents is 1. The molecule has 0 aromatic heterocycles. The SMILES string of the molecule is NC1CCCCC1.NCC(N)C(=O)O.O=Cc1cccc([N+](=O)[O-])c1. The highest BCUT2D eigenvalue weighted by Gasteiger charge is 2.07. The van der Waals surface area contributed by atoms with Gasteiger partial charge in [0.1, 0.15) is 12.3 Å². The first kappa shape index (κ1) is 22.6. The third kappa shape index (κ3) is 10.9. The van der Waals surface area contributed by atoms with Crippen LogP contribution in [-0.4, -0.2) is 40.9 Å². The minimum Gasteiger partial charge on any atom is -0.480 e. The van der Waals surface area contributed by atoms with Gasteiger partial charge in [-0.15, -0.1) is 0 Å². The van der Waals surface area contributed by atoms with Crippen LogP contribution in [-0.2, 0) is 4.79 Å². The summed E-state index contributed by atoms with van der Waals surface area (Å²) in [7, 11) is 0. The number of hydrogen-bond acceptors (Lipinski definition) is 7. The third-order valence-corrected chi connectivity index (χ3v) is 3.44. The molecule has 1 unspecified atom stereocenters. The molecule has 140 valence electrons. The average Bonchev–Trinajstić information content (AvgIpc) is 2.62. The van der Waals surface area contributed by atoms with Gasteiger partial charge in [-0.3, -0.25) is 19.7 Å². The fourth-order valence-electron chi connectivity index (χ4n) is 1.95. The number of non-ortho nitro benzene ring substituents is 1. The Morgan fingerprint density at radius 1 is 1.36 bits per heavy atom. The van der Waals surface area contributed by atoms with Gasteiger partial charge in [0.15, 0.2) is 0 Å². The van der Waals surface area contributed by atoms with Crippen molar-refractivity contribution in [1.82, 2.24) is 0 Å². The van der Waals surface area contributed by atoms with E-state index in [9.17, 15) is 19.7 Å². The molecule has 1 aromatic rings. The van der Waals surface area contributed by atoms with Gasteiger partial charge in [-0.25, -0.2) is 0 Å². The standard InChI is InChI=1S/C7H5NO3.C6H13N.C3H8N2O2/c9-5-6-2-1-3-7(4-6)8(10)11;7-6-4-2-1-3-5-6;4-1-2(5)3(6)7/h1-5H;6H,1-5,7H2;2H,1,4-5H2,(H,6,7). The number of aliphatic carboxylic acids is 1. The van der Waals surface area contributed by atoms with E-state index < -0.39 is 16.9 Å². The van der Waals surface area contributed by atoms with Crippen molar-refractivity contribution in [2.45, 2.75) is 44.2 Å². The number of carboxylic acids is 1. The lowest BCUT2D eigenvalue weighted by molar-refractivity contribution is -0.384. The zero-order chi connectivity index (χ0) is 19.2. The Balaban J connectivity index is 0.000000362. The summed E-state index contributed by atoms with van der Waals surface area (Å²) in [5, 5.41) is 18.1. The van der Waals surface area contributed by atoms with Crippen LogP contribution in [0.15, 0.2) is 24.3 Å². The fraction of sp³-hybridized carbons (Fsp3) is 0.500. The number of nitro groups is 1. The van der Waals surface area contributed by atoms with E-state index >= 15 is 0 Å². The Labute approximate surface area is 146 Å². The molecule has 0 spiro atoms. The van der Waals surface area contributed by atoms with E-state index in [0.29, 0.717) is 17.9 Å². The number of carboxylic acid groups (broad SMARTS) is 1. The molecule has 1 aromatic carbocycles. The van der Waals surface area contributed by atoms with Crippen LogP contribution in [0.3, 0.4) is 0 Å². The monoisotopic (exact) mass is 354 g/mol. The molecule has 7 N–H and O–H groups in total. The number of aldehydes is 1. The molecule has 0 amide bonds. The average molecular weight is 354 g/mol. The summed E-state index contributed by atoms with van der Waals surface area (Å²) in [5.41, 5.74) is 15.7. The summed E-state index contributed by atoms with van der Waals surface area (Å²) >= 11 is 0. The first-order chi connectivity index (χ1) is 11.8. The normalized spacial score (nSPS) is 14.8. The van der Waals surface area contributed by atoms with Gasteiger partial charge in [0.25, 0.3) is 5.69 Å². The van der Waals surface area contributed by atoms with E-state index in [2.05, 4.69) is 0 Å². The molecular formula is C16H26N4O5. The first-order valence-corrected chi connectivity index (χ1v) is 7.95. The quantitative estimate of drug-likeness (QED) is 0.352. The second-order valence-electron chi connectivity index (χ2n) is 5.55. The first-order valence-electron chi connectivity index (χ1n) is 7.95. The van der Waals surface area contributed by atoms with E-state index in [1.165, 1.54) is 56.4 Å². The molecule has 1 aliphatic rings. The molecule has 9 nitrogen and oxygen atoms in total. The van der Waals surface area contributed by atoms with Crippen molar-refractivity contribution in [3.05, 3.63) is 39.9 Å². The molecule has 1 aliphatic carbocycles. The second kappa shape index (κ2) is 13.0. The van der Waals surface area contributed by atoms with Gasteiger partial charge in [0.05, 0.1) is 4.92 Å². The molecule has 0 heterocycles. The van der Waals surface area contributed by atoms with Gasteiger partial charge in [0.2, 0.25) is 0 Å². The maximum absolute atomic E-state index is 10.2. The number of carbonyl (C=O) groups excluding carboxylic acids is 1. The van der Waals surface area contributed by atoms with E-state index in [0.717, 1.165) is 0 Å². The molecule has 0 saturated heterocycles. The molecule has 2 rings (SSSR count). The zero-order valence-corrected chi connectivity index (χ0v) is 14.0. The number of benzene rings is 1. The molecule has 1 saturated carbocycles. The van der Waals surface area contributed by atoms with Gasteiger partial charge in [-0.2, -0.15) is 0 Å². The lowest BCUT2D eigenvalue weighted by Gasteiger charge is -2.15. The molecule has 9 heteroatoms. The second-order valence-corrected chi connectivity index (χ2v) is 5.55. The van der Waals surface area contributed by atoms with Crippen LogP contribution in [0.5, 0.6) is 0 Å². The molecule has 25 heavy (non-hydrogen) atoms. The Kier molecular flexibility index (Phi) is 11.8. The molecule has 0 aliphatic heterocycles. The summed E-state index contributed by atoms with van der Waals surface area (Å²) in [4.78, 5) is 29.5. The van der Waals surface area contributed by atoms with Crippen LogP contribution < -0.4 is 17.2 Å². The van der Waals surface area contributed by atoms with Crippen LogP contribution in [0.25, 0.3) is 0 Å². The maximum atomic E-state index is 10.2. The van der Waals surface area contributed by atoms with Crippen LogP contribution in [0.2, 0.25) is 0 Å². The van der Waals surface area contributed by atoms with Crippen molar-refractivity contribution in [2.24, 2.45) is 17.2 Å². The Morgan fingerprint density at radius 3 is 2.28 bits per heavy atom. The molecule has 0 bridgehead atoms. The maximum Gasteiger partial charge on any atom is 0.321 e. The summed E-state index contributed by atoms with van der Waals surface area (Å²) in [6.07, 6.45) is 7.24. The van der Waals surface area contributed by atoms with E-state index in [1.807, 2.05) is 0 Å². The van der Waals surface area contributed by atoms with E-state index in [1.54, 1.807) is 0 Å².